The number of hydrogen-bond acceptors (Lipinski definition) is 4. The standard InChI is InChI=1S/C13H24N2O4S/c1-11(2)4-6-14-13(16)15(7-8-19-3)12-5-9-20(17,18)10-12/h4,6,11-12H,5,7-10H2,1-3H3,(H,14,16)/b6-4+. The molecular formula is C13H24N2O4S. The van der Waals surface area contributed by atoms with Gasteiger partial charge in [0.1, 0.15) is 0 Å². The first-order valence-corrected chi connectivity index (χ1v) is 8.61. The second-order valence-electron chi connectivity index (χ2n) is 5.30. The van der Waals surface area contributed by atoms with Crippen LogP contribution in [0.1, 0.15) is 20.3 Å². The van der Waals surface area contributed by atoms with E-state index in [0.29, 0.717) is 25.5 Å². The third kappa shape index (κ3) is 5.50. The van der Waals surface area contributed by atoms with Crippen molar-refractivity contribution in [3.8, 4) is 0 Å². The van der Waals surface area contributed by atoms with Gasteiger partial charge in [0.25, 0.3) is 0 Å². The summed E-state index contributed by atoms with van der Waals surface area (Å²) in [6, 6.07) is -0.538. The summed E-state index contributed by atoms with van der Waals surface area (Å²) in [5.74, 6) is 0.531. The molecule has 0 saturated carbocycles. The maximum absolute atomic E-state index is 12.1. The molecule has 1 heterocycles. The molecule has 0 radical (unpaired) electrons. The van der Waals surface area contributed by atoms with Gasteiger partial charge in [-0.3, -0.25) is 0 Å². The van der Waals surface area contributed by atoms with Gasteiger partial charge in [-0.15, -0.1) is 0 Å². The molecule has 1 unspecified atom stereocenters. The summed E-state index contributed by atoms with van der Waals surface area (Å²) in [4.78, 5) is 13.7. The first kappa shape index (κ1) is 17.0. The smallest absolute Gasteiger partial charge is 0.321 e. The predicted octanol–water partition coefficient (Wildman–Crippen LogP) is 1.00. The monoisotopic (exact) mass is 304 g/mol. The number of carbonyl (C=O) groups is 1. The van der Waals surface area contributed by atoms with Gasteiger partial charge in [0.05, 0.1) is 18.1 Å². The van der Waals surface area contributed by atoms with Crippen molar-refractivity contribution in [1.82, 2.24) is 10.2 Å². The fourth-order valence-electron chi connectivity index (χ4n) is 2.06. The Labute approximate surface area is 121 Å². The molecule has 1 rings (SSSR count). The largest absolute Gasteiger partial charge is 0.383 e. The van der Waals surface area contributed by atoms with E-state index in [-0.39, 0.29) is 23.6 Å². The number of allylic oxidation sites excluding steroid dienone is 1. The molecule has 6 nitrogen and oxygen atoms in total. The number of ether oxygens (including phenoxy) is 1. The number of rotatable bonds is 6. The van der Waals surface area contributed by atoms with Gasteiger partial charge in [-0.25, -0.2) is 13.2 Å². The highest BCUT2D eigenvalue weighted by molar-refractivity contribution is 7.91. The van der Waals surface area contributed by atoms with Gasteiger partial charge in [-0.05, 0) is 12.3 Å². The number of sulfone groups is 1. The molecule has 0 spiro atoms. The van der Waals surface area contributed by atoms with Crippen molar-refractivity contribution >= 4 is 15.9 Å². The van der Waals surface area contributed by atoms with Gasteiger partial charge in [-0.2, -0.15) is 0 Å². The molecule has 1 fully saturated rings. The highest BCUT2D eigenvalue weighted by Crippen LogP contribution is 2.17. The Morgan fingerprint density at radius 1 is 1.50 bits per heavy atom. The van der Waals surface area contributed by atoms with E-state index in [4.69, 9.17) is 4.74 Å². The predicted molar refractivity (Wildman–Crippen MR) is 78.2 cm³/mol. The molecule has 7 heteroatoms. The zero-order chi connectivity index (χ0) is 15.2. The lowest BCUT2D eigenvalue weighted by Gasteiger charge is -2.27. The molecule has 0 aromatic heterocycles. The number of methoxy groups -OCH3 is 1. The minimum Gasteiger partial charge on any atom is -0.383 e. The number of amides is 2. The minimum absolute atomic E-state index is 0.0397. The van der Waals surface area contributed by atoms with Crippen molar-refractivity contribution in [3.63, 3.8) is 0 Å². The van der Waals surface area contributed by atoms with Crippen molar-refractivity contribution in [2.75, 3.05) is 31.8 Å². The summed E-state index contributed by atoms with van der Waals surface area (Å²) in [5.41, 5.74) is 0. The zero-order valence-electron chi connectivity index (χ0n) is 12.3. The molecule has 1 aliphatic rings. The molecule has 0 aromatic carbocycles. The van der Waals surface area contributed by atoms with Crippen LogP contribution in [-0.4, -0.2) is 57.2 Å². The van der Waals surface area contributed by atoms with Gasteiger partial charge in [-0.1, -0.05) is 19.9 Å². The van der Waals surface area contributed by atoms with Gasteiger partial charge >= 0.3 is 6.03 Å². The van der Waals surface area contributed by atoms with Crippen molar-refractivity contribution in [3.05, 3.63) is 12.3 Å². The molecule has 116 valence electrons. The molecule has 2 amide bonds. The SMILES string of the molecule is COCCN(C(=O)N/C=C/C(C)C)C1CCS(=O)(=O)C1. The summed E-state index contributed by atoms with van der Waals surface area (Å²) >= 11 is 0. The molecular weight excluding hydrogens is 280 g/mol. The van der Waals surface area contributed by atoms with E-state index in [1.165, 1.54) is 0 Å². The van der Waals surface area contributed by atoms with Crippen LogP contribution in [0.2, 0.25) is 0 Å². The van der Waals surface area contributed by atoms with Crippen molar-refractivity contribution in [2.45, 2.75) is 26.3 Å². The maximum Gasteiger partial charge on any atom is 0.321 e. The Bertz CT molecular complexity index is 445. The summed E-state index contributed by atoms with van der Waals surface area (Å²) in [6.07, 6.45) is 3.97. The van der Waals surface area contributed by atoms with Crippen LogP contribution in [0.3, 0.4) is 0 Å². The number of urea groups is 1. The van der Waals surface area contributed by atoms with Gasteiger partial charge in [0.15, 0.2) is 9.84 Å². The summed E-state index contributed by atoms with van der Waals surface area (Å²) in [6.45, 7) is 4.79. The molecule has 0 aliphatic carbocycles. The number of nitrogens with one attached hydrogen (secondary N) is 1. The fraction of sp³-hybridized carbons (Fsp3) is 0.769. The van der Waals surface area contributed by atoms with Crippen LogP contribution in [0.5, 0.6) is 0 Å². The maximum atomic E-state index is 12.1. The van der Waals surface area contributed by atoms with Crippen LogP contribution in [0.25, 0.3) is 0 Å². The lowest BCUT2D eigenvalue weighted by Crippen LogP contribution is -2.46. The van der Waals surface area contributed by atoms with Gasteiger partial charge in [0.2, 0.25) is 0 Å². The molecule has 1 N–H and O–H groups in total. The van der Waals surface area contributed by atoms with Crippen molar-refractivity contribution in [2.24, 2.45) is 5.92 Å². The van der Waals surface area contributed by atoms with E-state index < -0.39 is 9.84 Å². The second kappa shape index (κ2) is 7.64. The van der Waals surface area contributed by atoms with E-state index in [0.717, 1.165) is 0 Å². The minimum atomic E-state index is -3.01. The Hall–Kier alpha value is -1.08. The van der Waals surface area contributed by atoms with E-state index >= 15 is 0 Å². The normalized spacial score (nSPS) is 21.5. The van der Waals surface area contributed by atoms with Crippen molar-refractivity contribution in [1.29, 1.82) is 0 Å². The van der Waals surface area contributed by atoms with Crippen LogP contribution in [0, 0.1) is 5.92 Å². The van der Waals surface area contributed by atoms with Crippen LogP contribution >= 0.6 is 0 Å². The average molecular weight is 304 g/mol. The Morgan fingerprint density at radius 2 is 2.20 bits per heavy atom. The van der Waals surface area contributed by atoms with Crippen LogP contribution in [0.15, 0.2) is 12.3 Å². The third-order valence-electron chi connectivity index (χ3n) is 3.13. The molecule has 1 atom stereocenters. The highest BCUT2D eigenvalue weighted by Gasteiger charge is 2.34. The first-order chi connectivity index (χ1) is 9.35. The van der Waals surface area contributed by atoms with Crippen molar-refractivity contribution < 1.29 is 17.9 Å². The van der Waals surface area contributed by atoms with E-state index in [2.05, 4.69) is 5.32 Å². The van der Waals surface area contributed by atoms with Gasteiger partial charge in [0, 0.05) is 25.9 Å². The zero-order valence-corrected chi connectivity index (χ0v) is 13.1. The molecule has 0 bridgehead atoms. The molecule has 1 saturated heterocycles. The van der Waals surface area contributed by atoms with Crippen LogP contribution < -0.4 is 5.32 Å². The van der Waals surface area contributed by atoms with Crippen LogP contribution in [0.4, 0.5) is 4.79 Å². The highest BCUT2D eigenvalue weighted by atomic mass is 32.2. The number of carbonyl (C=O) groups excluding carboxylic acids is 1. The summed E-state index contributed by atoms with van der Waals surface area (Å²) in [5, 5.41) is 2.68. The van der Waals surface area contributed by atoms with E-state index in [9.17, 15) is 13.2 Å². The quantitative estimate of drug-likeness (QED) is 0.794. The topological polar surface area (TPSA) is 75.7 Å². The lowest BCUT2D eigenvalue weighted by atomic mass is 10.2. The number of hydrogen-bond donors (Lipinski definition) is 1. The molecule has 20 heavy (non-hydrogen) atoms. The first-order valence-electron chi connectivity index (χ1n) is 6.79. The fourth-order valence-corrected chi connectivity index (χ4v) is 3.79. The molecule has 1 aliphatic heterocycles. The Balaban J connectivity index is 2.66. The Kier molecular flexibility index (Phi) is 6.48. The van der Waals surface area contributed by atoms with E-state index in [1.54, 1.807) is 18.2 Å². The lowest BCUT2D eigenvalue weighted by molar-refractivity contribution is 0.135. The second-order valence-corrected chi connectivity index (χ2v) is 7.52. The Morgan fingerprint density at radius 3 is 2.70 bits per heavy atom. The van der Waals surface area contributed by atoms with E-state index in [1.807, 2.05) is 19.9 Å². The third-order valence-corrected chi connectivity index (χ3v) is 4.88. The summed E-state index contributed by atoms with van der Waals surface area (Å²) in [7, 11) is -1.46. The molecule has 0 aromatic rings. The average Bonchev–Trinajstić information content (AvgIpc) is 2.69. The van der Waals surface area contributed by atoms with Crippen LogP contribution in [-0.2, 0) is 14.6 Å². The summed E-state index contributed by atoms with van der Waals surface area (Å²) < 4.78 is 28.1. The number of nitrogens with zero attached hydrogens (tertiary/aromatic N) is 1. The van der Waals surface area contributed by atoms with Gasteiger partial charge < -0.3 is 15.0 Å².